The monoisotopic (exact) mass is 228 g/mol. The van der Waals surface area contributed by atoms with Crippen LogP contribution in [0.25, 0.3) is 0 Å². The van der Waals surface area contributed by atoms with Gasteiger partial charge in [-0.05, 0) is 23.8 Å². The number of hydrogen-bond donors (Lipinski definition) is 2. The summed E-state index contributed by atoms with van der Waals surface area (Å²) in [5.74, 6) is 0.274. The molecule has 0 unspecified atom stereocenters. The first kappa shape index (κ1) is 11.1. The Hall–Kier alpha value is -2.43. The van der Waals surface area contributed by atoms with E-state index in [0.717, 1.165) is 5.56 Å². The Morgan fingerprint density at radius 3 is 2.76 bits per heavy atom. The van der Waals surface area contributed by atoms with Gasteiger partial charge in [0.15, 0.2) is 5.82 Å². The Labute approximate surface area is 98.7 Å². The van der Waals surface area contributed by atoms with Crippen LogP contribution in [0.3, 0.4) is 0 Å². The molecule has 1 heterocycles. The van der Waals surface area contributed by atoms with E-state index in [2.05, 4.69) is 15.5 Å². The number of para-hydroxylation sites is 1. The molecule has 1 aromatic carbocycles. The first-order chi connectivity index (χ1) is 8.25. The van der Waals surface area contributed by atoms with E-state index in [1.54, 1.807) is 24.4 Å². The van der Waals surface area contributed by atoms with Gasteiger partial charge in [-0.2, -0.15) is 5.10 Å². The third kappa shape index (κ3) is 3.01. The average Bonchev–Trinajstić information content (AvgIpc) is 2.33. The molecule has 0 fully saturated rings. The molecule has 17 heavy (non-hydrogen) atoms. The number of anilines is 2. The zero-order chi connectivity index (χ0) is 12.1. The minimum Gasteiger partial charge on any atom is -0.398 e. The highest BCUT2D eigenvalue weighted by molar-refractivity contribution is 5.92. The molecule has 86 valence electrons. The van der Waals surface area contributed by atoms with E-state index in [9.17, 15) is 4.79 Å². The Morgan fingerprint density at radius 2 is 2.06 bits per heavy atom. The number of aromatic nitrogens is 2. The number of hydrogen-bond acceptors (Lipinski definition) is 4. The van der Waals surface area contributed by atoms with Crippen LogP contribution in [0.2, 0.25) is 0 Å². The van der Waals surface area contributed by atoms with Crippen LogP contribution >= 0.6 is 0 Å². The summed E-state index contributed by atoms with van der Waals surface area (Å²) in [5, 5.41) is 10.1. The van der Waals surface area contributed by atoms with Gasteiger partial charge in [-0.1, -0.05) is 18.2 Å². The molecule has 1 amide bonds. The van der Waals surface area contributed by atoms with E-state index in [1.165, 1.54) is 0 Å². The first-order valence-electron chi connectivity index (χ1n) is 5.16. The third-order valence-electron chi connectivity index (χ3n) is 2.25. The maximum atomic E-state index is 11.7. The van der Waals surface area contributed by atoms with Gasteiger partial charge >= 0.3 is 0 Å². The fraction of sp³-hybridized carbons (Fsp3) is 0.0833. The number of rotatable bonds is 3. The summed E-state index contributed by atoms with van der Waals surface area (Å²) in [7, 11) is 0. The lowest BCUT2D eigenvalue weighted by atomic mass is 10.1. The van der Waals surface area contributed by atoms with Gasteiger partial charge in [0.25, 0.3) is 0 Å². The molecule has 0 aliphatic heterocycles. The van der Waals surface area contributed by atoms with E-state index in [-0.39, 0.29) is 12.3 Å². The standard InChI is InChI=1S/C12H12N4O/c13-10-5-2-1-4-9(10)8-12(17)15-11-6-3-7-14-16-11/h1-7H,8,13H2,(H,15,16,17). The molecule has 0 radical (unpaired) electrons. The van der Waals surface area contributed by atoms with Crippen molar-refractivity contribution in [2.24, 2.45) is 0 Å². The number of carbonyl (C=O) groups is 1. The van der Waals surface area contributed by atoms with Crippen LogP contribution in [0, 0.1) is 0 Å². The molecule has 1 aromatic heterocycles. The van der Waals surface area contributed by atoms with E-state index in [1.807, 2.05) is 18.2 Å². The number of nitrogens with zero attached hydrogens (tertiary/aromatic N) is 2. The molecule has 5 nitrogen and oxygen atoms in total. The topological polar surface area (TPSA) is 80.9 Å². The average molecular weight is 228 g/mol. The predicted octanol–water partition coefficient (Wildman–Crippen LogP) is 1.24. The Morgan fingerprint density at radius 1 is 1.24 bits per heavy atom. The molecule has 2 rings (SSSR count). The molecule has 0 saturated heterocycles. The molecule has 0 spiro atoms. The van der Waals surface area contributed by atoms with Gasteiger partial charge in [-0.25, -0.2) is 0 Å². The minimum absolute atomic E-state index is 0.164. The van der Waals surface area contributed by atoms with E-state index in [4.69, 9.17) is 5.73 Å². The summed E-state index contributed by atoms with van der Waals surface area (Å²) in [6, 6.07) is 10.7. The summed E-state index contributed by atoms with van der Waals surface area (Å²) >= 11 is 0. The van der Waals surface area contributed by atoms with E-state index >= 15 is 0 Å². The number of nitrogens with one attached hydrogen (secondary N) is 1. The van der Waals surface area contributed by atoms with Gasteiger partial charge in [-0.3, -0.25) is 4.79 Å². The van der Waals surface area contributed by atoms with Crippen molar-refractivity contribution >= 4 is 17.4 Å². The van der Waals surface area contributed by atoms with Gasteiger partial charge in [0.1, 0.15) is 0 Å². The summed E-state index contributed by atoms with van der Waals surface area (Å²) in [5.41, 5.74) is 7.17. The van der Waals surface area contributed by atoms with Gasteiger partial charge < -0.3 is 11.1 Å². The fourth-order valence-electron chi connectivity index (χ4n) is 1.42. The number of amides is 1. The van der Waals surface area contributed by atoms with Crippen molar-refractivity contribution in [3.8, 4) is 0 Å². The molecule has 0 atom stereocenters. The van der Waals surface area contributed by atoms with Crippen molar-refractivity contribution < 1.29 is 4.79 Å². The van der Waals surface area contributed by atoms with Crippen molar-refractivity contribution in [2.45, 2.75) is 6.42 Å². The predicted molar refractivity (Wildman–Crippen MR) is 65.2 cm³/mol. The van der Waals surface area contributed by atoms with Crippen molar-refractivity contribution in [1.82, 2.24) is 10.2 Å². The van der Waals surface area contributed by atoms with Gasteiger partial charge in [0.05, 0.1) is 6.42 Å². The lowest BCUT2D eigenvalue weighted by molar-refractivity contribution is -0.115. The molecule has 2 aromatic rings. The van der Waals surface area contributed by atoms with Gasteiger partial charge in [0.2, 0.25) is 5.91 Å². The highest BCUT2D eigenvalue weighted by Gasteiger charge is 2.06. The van der Waals surface area contributed by atoms with Crippen molar-refractivity contribution in [3.05, 3.63) is 48.2 Å². The van der Waals surface area contributed by atoms with Crippen LogP contribution in [-0.2, 0) is 11.2 Å². The number of nitrogens with two attached hydrogens (primary N) is 1. The molecule has 0 bridgehead atoms. The fourth-order valence-corrected chi connectivity index (χ4v) is 1.42. The molecular formula is C12H12N4O. The second kappa shape index (κ2) is 5.07. The molecule has 0 aliphatic rings. The Balaban J connectivity index is 2.01. The summed E-state index contributed by atoms with van der Waals surface area (Å²) < 4.78 is 0. The van der Waals surface area contributed by atoms with Crippen LogP contribution in [0.4, 0.5) is 11.5 Å². The zero-order valence-corrected chi connectivity index (χ0v) is 9.13. The Bertz CT molecular complexity index is 513. The van der Waals surface area contributed by atoms with Gasteiger partial charge in [-0.15, -0.1) is 5.10 Å². The second-order valence-corrected chi connectivity index (χ2v) is 3.53. The van der Waals surface area contributed by atoms with Crippen LogP contribution in [0.5, 0.6) is 0 Å². The van der Waals surface area contributed by atoms with Gasteiger partial charge in [0, 0.05) is 11.9 Å². The lowest BCUT2D eigenvalue weighted by Gasteiger charge is -2.05. The third-order valence-corrected chi connectivity index (χ3v) is 2.25. The molecule has 5 heteroatoms. The van der Waals surface area contributed by atoms with Crippen LogP contribution < -0.4 is 11.1 Å². The van der Waals surface area contributed by atoms with E-state index in [0.29, 0.717) is 11.5 Å². The SMILES string of the molecule is Nc1ccccc1CC(=O)Nc1cccnn1. The number of nitrogen functional groups attached to an aromatic ring is 1. The molecule has 0 saturated carbocycles. The van der Waals surface area contributed by atoms with Crippen molar-refractivity contribution in [1.29, 1.82) is 0 Å². The summed E-state index contributed by atoms with van der Waals surface area (Å²) in [6.45, 7) is 0. The Kier molecular flexibility index (Phi) is 3.30. The minimum atomic E-state index is -0.164. The maximum absolute atomic E-state index is 11.7. The highest BCUT2D eigenvalue weighted by Crippen LogP contribution is 2.11. The van der Waals surface area contributed by atoms with Crippen LogP contribution in [0.15, 0.2) is 42.6 Å². The normalized spacial score (nSPS) is 9.88. The van der Waals surface area contributed by atoms with Crippen molar-refractivity contribution in [2.75, 3.05) is 11.1 Å². The lowest BCUT2D eigenvalue weighted by Crippen LogP contribution is -2.16. The quantitative estimate of drug-likeness (QED) is 0.774. The van der Waals surface area contributed by atoms with Crippen LogP contribution in [0.1, 0.15) is 5.56 Å². The number of carbonyl (C=O) groups excluding carboxylic acids is 1. The smallest absolute Gasteiger partial charge is 0.230 e. The van der Waals surface area contributed by atoms with E-state index < -0.39 is 0 Å². The molecular weight excluding hydrogens is 216 g/mol. The molecule has 0 aliphatic carbocycles. The van der Waals surface area contributed by atoms with Crippen molar-refractivity contribution in [3.63, 3.8) is 0 Å². The second-order valence-electron chi connectivity index (χ2n) is 3.53. The largest absolute Gasteiger partial charge is 0.398 e. The maximum Gasteiger partial charge on any atom is 0.230 e. The summed E-state index contributed by atoms with van der Waals surface area (Å²) in [6.07, 6.45) is 1.77. The van der Waals surface area contributed by atoms with Crippen LogP contribution in [-0.4, -0.2) is 16.1 Å². The highest BCUT2D eigenvalue weighted by atomic mass is 16.1. The molecule has 3 N–H and O–H groups in total. The first-order valence-corrected chi connectivity index (χ1v) is 5.16. The summed E-state index contributed by atoms with van der Waals surface area (Å²) in [4.78, 5) is 11.7. The number of benzene rings is 1. The zero-order valence-electron chi connectivity index (χ0n) is 9.13.